The zero-order chi connectivity index (χ0) is 13.7. The minimum Gasteiger partial charge on any atom is -0.306 e. The second-order valence-electron chi connectivity index (χ2n) is 3.38. The summed E-state index contributed by atoms with van der Waals surface area (Å²) in [5.41, 5.74) is -2.82. The summed E-state index contributed by atoms with van der Waals surface area (Å²) in [6, 6.07) is 0.620. The molecule has 0 atom stereocenters. The first-order chi connectivity index (χ1) is 8.21. The van der Waals surface area contributed by atoms with Crippen molar-refractivity contribution in [3.8, 4) is 0 Å². The molecule has 0 radical (unpaired) electrons. The van der Waals surface area contributed by atoms with Crippen LogP contribution in [0.3, 0.4) is 0 Å². The van der Waals surface area contributed by atoms with Gasteiger partial charge in [-0.1, -0.05) is 11.6 Å². The van der Waals surface area contributed by atoms with Crippen LogP contribution in [0.15, 0.2) is 15.7 Å². The minimum absolute atomic E-state index is 0.0117. The number of fused-ring (bicyclic) bond motifs is 1. The zero-order valence-electron chi connectivity index (χ0n) is 8.28. The highest BCUT2D eigenvalue weighted by Gasteiger charge is 2.35. The van der Waals surface area contributed by atoms with Crippen LogP contribution in [-0.2, 0) is 6.18 Å². The highest BCUT2D eigenvalue weighted by molar-refractivity contribution is 14.1. The number of alkyl halides is 3. The van der Waals surface area contributed by atoms with Crippen molar-refractivity contribution in [1.82, 2.24) is 9.97 Å². The van der Waals surface area contributed by atoms with E-state index >= 15 is 0 Å². The Labute approximate surface area is 115 Å². The summed E-state index contributed by atoms with van der Waals surface area (Å²) >= 11 is 7.15. The Bertz CT molecular complexity index is 750. The van der Waals surface area contributed by atoms with Gasteiger partial charge in [-0.3, -0.25) is 9.78 Å². The molecule has 2 aromatic rings. The maximum Gasteiger partial charge on any atom is 0.417 e. The number of hydrogen-bond acceptors (Lipinski definition) is 2. The van der Waals surface area contributed by atoms with E-state index in [9.17, 15) is 22.8 Å². The van der Waals surface area contributed by atoms with Gasteiger partial charge in [0.25, 0.3) is 5.56 Å². The van der Waals surface area contributed by atoms with Crippen LogP contribution >= 0.6 is 34.2 Å². The van der Waals surface area contributed by atoms with Gasteiger partial charge in [-0.25, -0.2) is 4.79 Å². The Morgan fingerprint density at radius 2 is 1.83 bits per heavy atom. The maximum atomic E-state index is 12.7. The van der Waals surface area contributed by atoms with Crippen LogP contribution in [0.25, 0.3) is 10.9 Å². The molecule has 0 unspecified atom stereocenters. The molecule has 0 saturated carbocycles. The lowest BCUT2D eigenvalue weighted by molar-refractivity contribution is -0.137. The van der Waals surface area contributed by atoms with Crippen molar-refractivity contribution in [2.24, 2.45) is 0 Å². The van der Waals surface area contributed by atoms with Crippen molar-refractivity contribution < 1.29 is 13.2 Å². The van der Waals surface area contributed by atoms with Gasteiger partial charge in [0, 0.05) is 0 Å². The highest BCUT2D eigenvalue weighted by atomic mass is 127. The molecular formula is C9H3ClF3IN2O2. The quantitative estimate of drug-likeness (QED) is 0.679. The fourth-order valence-corrected chi connectivity index (χ4v) is 2.42. The summed E-state index contributed by atoms with van der Waals surface area (Å²) in [5, 5.41) is -0.812. The SMILES string of the molecule is O=c1[nH]c(=O)c2cc(C(F)(F)F)c(Cl)c(I)c2[nH]1. The van der Waals surface area contributed by atoms with E-state index in [-0.39, 0.29) is 14.5 Å². The van der Waals surface area contributed by atoms with Crippen LogP contribution in [0.1, 0.15) is 5.56 Å². The Kier molecular flexibility index (Phi) is 3.18. The molecule has 18 heavy (non-hydrogen) atoms. The molecule has 0 aliphatic heterocycles. The fourth-order valence-electron chi connectivity index (χ4n) is 1.45. The average Bonchev–Trinajstić information content (AvgIpc) is 2.22. The number of halogens is 5. The van der Waals surface area contributed by atoms with Gasteiger partial charge < -0.3 is 4.98 Å². The summed E-state index contributed by atoms with van der Waals surface area (Å²) in [7, 11) is 0. The first kappa shape index (κ1) is 13.4. The Morgan fingerprint density at radius 1 is 1.22 bits per heavy atom. The van der Waals surface area contributed by atoms with Gasteiger partial charge in [0.2, 0.25) is 0 Å². The third kappa shape index (κ3) is 2.14. The van der Waals surface area contributed by atoms with Gasteiger partial charge in [-0.15, -0.1) is 0 Å². The maximum absolute atomic E-state index is 12.7. The van der Waals surface area contributed by atoms with Crippen molar-refractivity contribution in [1.29, 1.82) is 0 Å². The highest BCUT2D eigenvalue weighted by Crippen LogP contribution is 2.38. The number of benzene rings is 1. The number of nitrogens with one attached hydrogen (secondary N) is 2. The summed E-state index contributed by atoms with van der Waals surface area (Å²) in [5.74, 6) is 0. The zero-order valence-corrected chi connectivity index (χ0v) is 11.2. The monoisotopic (exact) mass is 390 g/mol. The second kappa shape index (κ2) is 4.26. The van der Waals surface area contributed by atoms with Gasteiger partial charge in [-0.2, -0.15) is 13.2 Å². The van der Waals surface area contributed by atoms with Gasteiger partial charge in [0.05, 0.1) is 25.1 Å². The van der Waals surface area contributed by atoms with Crippen LogP contribution in [0.2, 0.25) is 5.02 Å². The van der Waals surface area contributed by atoms with Crippen molar-refractivity contribution in [3.63, 3.8) is 0 Å². The molecular weight excluding hydrogens is 387 g/mol. The molecule has 0 bridgehead atoms. The molecule has 4 nitrogen and oxygen atoms in total. The van der Waals surface area contributed by atoms with E-state index in [2.05, 4.69) is 4.98 Å². The molecule has 96 valence electrons. The van der Waals surface area contributed by atoms with Gasteiger partial charge in [-0.05, 0) is 28.7 Å². The number of H-pyrrole nitrogens is 2. The molecule has 2 rings (SSSR count). The lowest BCUT2D eigenvalue weighted by atomic mass is 10.1. The third-order valence-electron chi connectivity index (χ3n) is 2.22. The molecule has 1 aromatic carbocycles. The molecule has 0 saturated heterocycles. The van der Waals surface area contributed by atoms with E-state index in [1.54, 1.807) is 22.6 Å². The number of aromatic nitrogens is 2. The second-order valence-corrected chi connectivity index (χ2v) is 4.84. The van der Waals surface area contributed by atoms with Crippen LogP contribution in [0.4, 0.5) is 13.2 Å². The number of aromatic amines is 2. The average molecular weight is 390 g/mol. The standard InChI is InChI=1S/C9H3ClF3IN2O2/c10-4-3(9(11,12)13)1-2-6(5(4)14)15-8(18)16-7(2)17/h1H,(H2,15,16,17,18). The smallest absolute Gasteiger partial charge is 0.306 e. The minimum atomic E-state index is -4.67. The number of hydrogen-bond donors (Lipinski definition) is 2. The van der Waals surface area contributed by atoms with Crippen molar-refractivity contribution >= 4 is 45.1 Å². The van der Waals surface area contributed by atoms with E-state index < -0.39 is 28.0 Å². The van der Waals surface area contributed by atoms with E-state index in [1.165, 1.54) is 0 Å². The van der Waals surface area contributed by atoms with Gasteiger partial charge >= 0.3 is 11.9 Å². The normalized spacial score (nSPS) is 12.1. The molecule has 9 heteroatoms. The first-order valence-electron chi connectivity index (χ1n) is 4.43. The third-order valence-corrected chi connectivity index (χ3v) is 4.01. The predicted molar refractivity (Wildman–Crippen MR) is 67.9 cm³/mol. The molecule has 0 aliphatic rings. The van der Waals surface area contributed by atoms with Crippen LogP contribution in [0.5, 0.6) is 0 Å². The molecule has 2 N–H and O–H groups in total. The largest absolute Gasteiger partial charge is 0.417 e. The molecule has 0 fully saturated rings. The molecule has 0 spiro atoms. The van der Waals surface area contributed by atoms with E-state index in [0.29, 0.717) is 6.07 Å². The molecule has 1 heterocycles. The predicted octanol–water partition coefficient (Wildman–Crippen LogP) is 2.49. The van der Waals surface area contributed by atoms with E-state index in [1.807, 2.05) is 4.98 Å². The van der Waals surface area contributed by atoms with Gasteiger partial charge in [0.1, 0.15) is 0 Å². The van der Waals surface area contributed by atoms with E-state index in [0.717, 1.165) is 0 Å². The lowest BCUT2D eigenvalue weighted by Gasteiger charge is -2.11. The molecule has 0 aliphatic carbocycles. The van der Waals surface area contributed by atoms with Crippen molar-refractivity contribution in [2.45, 2.75) is 6.18 Å². The van der Waals surface area contributed by atoms with Crippen molar-refractivity contribution in [3.05, 3.63) is 41.1 Å². The van der Waals surface area contributed by atoms with Crippen molar-refractivity contribution in [2.75, 3.05) is 0 Å². The molecule has 1 aromatic heterocycles. The Balaban J connectivity index is 3.02. The Hall–Kier alpha value is -1.03. The molecule has 0 amide bonds. The van der Waals surface area contributed by atoms with Crippen LogP contribution in [-0.4, -0.2) is 9.97 Å². The van der Waals surface area contributed by atoms with Crippen LogP contribution < -0.4 is 11.2 Å². The number of rotatable bonds is 0. The van der Waals surface area contributed by atoms with Crippen LogP contribution in [0, 0.1) is 3.57 Å². The fraction of sp³-hybridized carbons (Fsp3) is 0.111. The van der Waals surface area contributed by atoms with E-state index in [4.69, 9.17) is 11.6 Å². The lowest BCUT2D eigenvalue weighted by Crippen LogP contribution is -2.23. The summed E-state index contributed by atoms with van der Waals surface area (Å²) in [6.07, 6.45) is -4.67. The summed E-state index contributed by atoms with van der Waals surface area (Å²) in [4.78, 5) is 26.6. The van der Waals surface area contributed by atoms with Gasteiger partial charge in [0.15, 0.2) is 0 Å². The first-order valence-corrected chi connectivity index (χ1v) is 5.89. The summed E-state index contributed by atoms with van der Waals surface area (Å²) < 4.78 is 38.1. The summed E-state index contributed by atoms with van der Waals surface area (Å²) in [6.45, 7) is 0. The Morgan fingerprint density at radius 3 is 2.39 bits per heavy atom. The topological polar surface area (TPSA) is 65.7 Å².